The van der Waals surface area contributed by atoms with Crippen LogP contribution in [0.15, 0.2) is 42.6 Å². The van der Waals surface area contributed by atoms with Gasteiger partial charge in [0, 0.05) is 30.9 Å². The van der Waals surface area contributed by atoms with Crippen molar-refractivity contribution in [2.45, 2.75) is 6.42 Å². The lowest BCUT2D eigenvalue weighted by Crippen LogP contribution is -2.33. The summed E-state index contributed by atoms with van der Waals surface area (Å²) >= 11 is 0. The number of hydrogen-bond acceptors (Lipinski definition) is 3. The Labute approximate surface area is 136 Å². The Balaban J connectivity index is 1.89. The molecule has 0 bridgehead atoms. The standard InChI is InChI=1S/C17H14F2N2O3/c18-12-3-4-14(19)15(10-12)24-16-13(2-1-7-20-16)11-5-8-21(9-6-11)17(22)23/h1-5,7,10H,6,8-9H2,(H,22,23). The van der Waals surface area contributed by atoms with E-state index in [1.54, 1.807) is 18.2 Å². The van der Waals surface area contributed by atoms with Crippen molar-refractivity contribution < 1.29 is 23.4 Å². The van der Waals surface area contributed by atoms with E-state index in [-0.39, 0.29) is 18.2 Å². The number of carbonyl (C=O) groups is 1. The van der Waals surface area contributed by atoms with Crippen LogP contribution in [-0.2, 0) is 0 Å². The SMILES string of the molecule is O=C(O)N1CC=C(c2cccnc2Oc2cc(F)ccc2F)CC1. The van der Waals surface area contributed by atoms with E-state index in [4.69, 9.17) is 9.84 Å². The predicted molar refractivity (Wildman–Crippen MR) is 82.9 cm³/mol. The summed E-state index contributed by atoms with van der Waals surface area (Å²) in [7, 11) is 0. The monoisotopic (exact) mass is 332 g/mol. The van der Waals surface area contributed by atoms with Gasteiger partial charge in [-0.2, -0.15) is 0 Å². The molecule has 2 aromatic rings. The lowest BCUT2D eigenvalue weighted by molar-refractivity contribution is 0.150. The third-order valence-corrected chi connectivity index (χ3v) is 3.70. The Morgan fingerprint density at radius 3 is 2.83 bits per heavy atom. The molecule has 0 atom stereocenters. The summed E-state index contributed by atoms with van der Waals surface area (Å²) in [5, 5.41) is 8.98. The van der Waals surface area contributed by atoms with Crippen LogP contribution in [0.25, 0.3) is 5.57 Å². The molecule has 1 amide bonds. The summed E-state index contributed by atoms with van der Waals surface area (Å²) in [6.07, 6.45) is 2.77. The highest BCUT2D eigenvalue weighted by molar-refractivity contribution is 5.73. The molecule has 0 spiro atoms. The van der Waals surface area contributed by atoms with Gasteiger partial charge in [-0.15, -0.1) is 0 Å². The van der Waals surface area contributed by atoms with Crippen LogP contribution in [0, 0.1) is 11.6 Å². The van der Waals surface area contributed by atoms with Crippen molar-refractivity contribution in [1.29, 1.82) is 0 Å². The first-order valence-electron chi connectivity index (χ1n) is 7.30. The van der Waals surface area contributed by atoms with Crippen LogP contribution in [0.4, 0.5) is 13.6 Å². The van der Waals surface area contributed by atoms with Gasteiger partial charge in [0.2, 0.25) is 5.88 Å². The molecule has 0 radical (unpaired) electrons. The van der Waals surface area contributed by atoms with Crippen LogP contribution in [0.5, 0.6) is 11.6 Å². The molecule has 0 saturated heterocycles. The van der Waals surface area contributed by atoms with Crippen molar-refractivity contribution in [3.8, 4) is 11.6 Å². The minimum Gasteiger partial charge on any atom is -0.465 e. The number of pyridine rings is 1. The van der Waals surface area contributed by atoms with Crippen molar-refractivity contribution in [3.05, 3.63) is 59.8 Å². The first-order chi connectivity index (χ1) is 11.5. The first kappa shape index (κ1) is 15.9. The highest BCUT2D eigenvalue weighted by Gasteiger charge is 2.20. The number of halogens is 2. The molecule has 1 aromatic heterocycles. The molecule has 3 rings (SSSR count). The second kappa shape index (κ2) is 6.66. The molecule has 1 N–H and O–H groups in total. The van der Waals surface area contributed by atoms with Gasteiger partial charge in [-0.1, -0.05) is 6.08 Å². The summed E-state index contributed by atoms with van der Waals surface area (Å²) in [4.78, 5) is 16.3. The van der Waals surface area contributed by atoms with Gasteiger partial charge < -0.3 is 14.7 Å². The Morgan fingerprint density at radius 1 is 1.29 bits per heavy atom. The minimum atomic E-state index is -0.977. The molecule has 24 heavy (non-hydrogen) atoms. The molecule has 1 aliphatic rings. The molecule has 1 aliphatic heterocycles. The number of nitrogens with zero attached hydrogens (tertiary/aromatic N) is 2. The highest BCUT2D eigenvalue weighted by atomic mass is 19.1. The quantitative estimate of drug-likeness (QED) is 0.925. The second-order valence-electron chi connectivity index (χ2n) is 5.24. The van der Waals surface area contributed by atoms with Crippen LogP contribution < -0.4 is 4.74 Å². The average molecular weight is 332 g/mol. The number of ether oxygens (including phenoxy) is 1. The fourth-order valence-electron chi connectivity index (χ4n) is 2.46. The van der Waals surface area contributed by atoms with E-state index >= 15 is 0 Å². The van der Waals surface area contributed by atoms with Crippen molar-refractivity contribution in [1.82, 2.24) is 9.88 Å². The smallest absolute Gasteiger partial charge is 0.407 e. The molecule has 0 unspecified atom stereocenters. The summed E-state index contributed by atoms with van der Waals surface area (Å²) < 4.78 is 32.5. The number of benzene rings is 1. The maximum Gasteiger partial charge on any atom is 0.407 e. The summed E-state index contributed by atoms with van der Waals surface area (Å²) in [6, 6.07) is 6.40. The number of carboxylic acid groups (broad SMARTS) is 1. The van der Waals surface area contributed by atoms with Gasteiger partial charge in [0.1, 0.15) is 5.82 Å². The normalized spacial score (nSPS) is 14.2. The maximum absolute atomic E-state index is 13.8. The van der Waals surface area contributed by atoms with Gasteiger partial charge in [0.25, 0.3) is 0 Å². The zero-order valence-electron chi connectivity index (χ0n) is 12.6. The van der Waals surface area contributed by atoms with Crippen molar-refractivity contribution in [3.63, 3.8) is 0 Å². The van der Waals surface area contributed by atoms with E-state index in [0.29, 0.717) is 18.5 Å². The predicted octanol–water partition coefficient (Wildman–Crippen LogP) is 3.92. The fraction of sp³-hybridized carbons (Fsp3) is 0.176. The van der Waals surface area contributed by atoms with Crippen molar-refractivity contribution >= 4 is 11.7 Å². The van der Waals surface area contributed by atoms with Crippen LogP contribution in [0.2, 0.25) is 0 Å². The molecular formula is C17H14F2N2O3. The summed E-state index contributed by atoms with van der Waals surface area (Å²) in [5.74, 6) is -1.41. The third kappa shape index (κ3) is 3.34. The van der Waals surface area contributed by atoms with Gasteiger partial charge >= 0.3 is 6.09 Å². The molecule has 7 heteroatoms. The Kier molecular flexibility index (Phi) is 4.41. The van der Waals surface area contributed by atoms with E-state index in [9.17, 15) is 13.6 Å². The van der Waals surface area contributed by atoms with Crippen LogP contribution in [-0.4, -0.2) is 34.2 Å². The van der Waals surface area contributed by atoms with E-state index in [1.807, 2.05) is 0 Å². The lowest BCUT2D eigenvalue weighted by Gasteiger charge is -2.24. The Bertz CT molecular complexity index is 808. The molecule has 0 fully saturated rings. The van der Waals surface area contributed by atoms with Gasteiger partial charge in [-0.05, 0) is 36.3 Å². The third-order valence-electron chi connectivity index (χ3n) is 3.70. The van der Waals surface area contributed by atoms with Crippen LogP contribution in [0.3, 0.4) is 0 Å². The molecule has 124 valence electrons. The second-order valence-corrected chi connectivity index (χ2v) is 5.24. The number of hydrogen-bond donors (Lipinski definition) is 1. The minimum absolute atomic E-state index is 0.150. The molecule has 1 aromatic carbocycles. The van der Waals surface area contributed by atoms with Crippen LogP contribution >= 0.6 is 0 Å². The van der Waals surface area contributed by atoms with Gasteiger partial charge in [0.15, 0.2) is 11.6 Å². The molecule has 0 saturated carbocycles. The Hall–Kier alpha value is -2.96. The summed E-state index contributed by atoms with van der Waals surface area (Å²) in [6.45, 7) is 0.608. The first-order valence-corrected chi connectivity index (χ1v) is 7.30. The highest BCUT2D eigenvalue weighted by Crippen LogP contribution is 2.32. The van der Waals surface area contributed by atoms with E-state index in [0.717, 1.165) is 23.8 Å². The molecule has 2 heterocycles. The van der Waals surface area contributed by atoms with Crippen molar-refractivity contribution in [2.24, 2.45) is 0 Å². The Morgan fingerprint density at radius 2 is 2.12 bits per heavy atom. The van der Waals surface area contributed by atoms with Crippen LogP contribution in [0.1, 0.15) is 12.0 Å². The largest absolute Gasteiger partial charge is 0.465 e. The fourth-order valence-corrected chi connectivity index (χ4v) is 2.46. The van der Waals surface area contributed by atoms with E-state index in [2.05, 4.69) is 4.98 Å². The zero-order valence-corrected chi connectivity index (χ0v) is 12.6. The molecular weight excluding hydrogens is 318 g/mol. The maximum atomic E-state index is 13.8. The van der Waals surface area contributed by atoms with E-state index < -0.39 is 17.7 Å². The summed E-state index contributed by atoms with van der Waals surface area (Å²) in [5.41, 5.74) is 1.48. The number of aromatic nitrogens is 1. The average Bonchev–Trinajstić information content (AvgIpc) is 2.59. The lowest BCUT2D eigenvalue weighted by atomic mass is 10.0. The number of rotatable bonds is 3. The van der Waals surface area contributed by atoms with Crippen molar-refractivity contribution in [2.75, 3.05) is 13.1 Å². The number of amides is 1. The van der Waals surface area contributed by atoms with E-state index in [1.165, 1.54) is 11.1 Å². The molecule has 5 nitrogen and oxygen atoms in total. The van der Waals surface area contributed by atoms with Gasteiger partial charge in [-0.25, -0.2) is 18.6 Å². The van der Waals surface area contributed by atoms with Gasteiger partial charge in [-0.3, -0.25) is 0 Å². The van der Waals surface area contributed by atoms with Gasteiger partial charge in [0.05, 0.1) is 0 Å². The molecule has 0 aliphatic carbocycles. The topological polar surface area (TPSA) is 62.7 Å². The zero-order chi connectivity index (χ0) is 17.1.